The number of rotatable bonds is 6. The Morgan fingerprint density at radius 2 is 1.94 bits per heavy atom. The quantitative estimate of drug-likeness (QED) is 0.558. The number of carbonyl (C=O) groups excluding carboxylic acids is 2. The summed E-state index contributed by atoms with van der Waals surface area (Å²) >= 11 is 0. The highest BCUT2D eigenvalue weighted by Gasteiger charge is 2.20. The lowest BCUT2D eigenvalue weighted by molar-refractivity contribution is -0.131. The SMILES string of the molecule is N#C/C(=C\c1cn(CC(=O)N2CCCCCC2)c2ccccc12)C(=O)NC[C@H]1CCCO1. The van der Waals surface area contributed by atoms with Crippen LogP contribution < -0.4 is 5.32 Å². The van der Waals surface area contributed by atoms with E-state index in [4.69, 9.17) is 4.74 Å². The maximum absolute atomic E-state index is 12.9. The summed E-state index contributed by atoms with van der Waals surface area (Å²) in [6.45, 7) is 3.01. The van der Waals surface area contributed by atoms with Crippen molar-refractivity contribution in [1.29, 1.82) is 5.26 Å². The minimum absolute atomic E-state index is 0.0193. The molecular formula is C25H30N4O3. The molecule has 0 unspecified atom stereocenters. The first kappa shape index (κ1) is 22.1. The van der Waals surface area contributed by atoms with E-state index < -0.39 is 5.91 Å². The Bertz CT molecular complexity index is 1040. The first-order valence-corrected chi connectivity index (χ1v) is 11.5. The number of aromatic nitrogens is 1. The Kier molecular flexibility index (Phi) is 7.23. The molecule has 2 amide bonds. The largest absolute Gasteiger partial charge is 0.376 e. The molecule has 168 valence electrons. The van der Waals surface area contributed by atoms with Gasteiger partial charge in [-0.3, -0.25) is 9.59 Å². The van der Waals surface area contributed by atoms with Crippen LogP contribution in [0.5, 0.6) is 0 Å². The molecule has 2 aliphatic heterocycles. The van der Waals surface area contributed by atoms with Gasteiger partial charge in [-0.05, 0) is 37.8 Å². The molecule has 2 fully saturated rings. The van der Waals surface area contributed by atoms with Crippen LogP contribution in [0.1, 0.15) is 44.1 Å². The average Bonchev–Trinajstić information content (AvgIpc) is 3.35. The number of carbonyl (C=O) groups is 2. The van der Waals surface area contributed by atoms with Crippen molar-refractivity contribution >= 4 is 28.8 Å². The molecule has 0 bridgehead atoms. The van der Waals surface area contributed by atoms with Crippen LogP contribution in [0.4, 0.5) is 0 Å². The van der Waals surface area contributed by atoms with E-state index in [1.54, 1.807) is 6.08 Å². The van der Waals surface area contributed by atoms with Crippen LogP contribution in [0.3, 0.4) is 0 Å². The van der Waals surface area contributed by atoms with Crippen LogP contribution in [0, 0.1) is 11.3 Å². The molecule has 3 heterocycles. The van der Waals surface area contributed by atoms with Gasteiger partial charge in [-0.1, -0.05) is 31.0 Å². The van der Waals surface area contributed by atoms with E-state index in [9.17, 15) is 14.9 Å². The van der Waals surface area contributed by atoms with Crippen LogP contribution in [-0.2, 0) is 20.9 Å². The lowest BCUT2D eigenvalue weighted by atomic mass is 10.1. The van der Waals surface area contributed by atoms with E-state index in [2.05, 4.69) is 5.32 Å². The Morgan fingerprint density at radius 3 is 2.66 bits per heavy atom. The highest BCUT2D eigenvalue weighted by atomic mass is 16.5. The third-order valence-electron chi connectivity index (χ3n) is 6.26. The number of fused-ring (bicyclic) bond motifs is 1. The average molecular weight is 435 g/mol. The van der Waals surface area contributed by atoms with Gasteiger partial charge in [0.15, 0.2) is 0 Å². The highest BCUT2D eigenvalue weighted by molar-refractivity contribution is 6.04. The number of benzene rings is 1. The van der Waals surface area contributed by atoms with E-state index in [1.165, 1.54) is 12.8 Å². The lowest BCUT2D eigenvalue weighted by Crippen LogP contribution is -2.34. The zero-order chi connectivity index (χ0) is 22.3. The van der Waals surface area contributed by atoms with Crippen LogP contribution in [0.25, 0.3) is 17.0 Å². The van der Waals surface area contributed by atoms with Gasteiger partial charge in [0.25, 0.3) is 5.91 Å². The fourth-order valence-electron chi connectivity index (χ4n) is 4.50. The molecule has 0 radical (unpaired) electrons. The fourth-order valence-corrected chi connectivity index (χ4v) is 4.50. The van der Waals surface area contributed by atoms with Gasteiger partial charge in [0.1, 0.15) is 18.2 Å². The molecule has 7 heteroatoms. The number of nitrogens with zero attached hydrogens (tertiary/aromatic N) is 3. The van der Waals surface area contributed by atoms with E-state index in [0.717, 1.165) is 61.8 Å². The highest BCUT2D eigenvalue weighted by Crippen LogP contribution is 2.24. The number of ether oxygens (including phenoxy) is 1. The number of nitriles is 1. The predicted octanol–water partition coefficient (Wildman–Crippen LogP) is 3.25. The van der Waals surface area contributed by atoms with Crippen molar-refractivity contribution in [1.82, 2.24) is 14.8 Å². The summed E-state index contributed by atoms with van der Waals surface area (Å²) in [5.74, 6) is -0.293. The second-order valence-electron chi connectivity index (χ2n) is 8.54. The zero-order valence-electron chi connectivity index (χ0n) is 18.4. The van der Waals surface area contributed by atoms with E-state index >= 15 is 0 Å². The molecule has 1 atom stereocenters. The molecular weight excluding hydrogens is 404 g/mol. The van der Waals surface area contributed by atoms with E-state index in [1.807, 2.05) is 46.0 Å². The first-order chi connectivity index (χ1) is 15.7. The number of likely N-dealkylation sites (tertiary alicyclic amines) is 1. The van der Waals surface area contributed by atoms with Crippen molar-refractivity contribution in [3.05, 3.63) is 41.6 Å². The van der Waals surface area contributed by atoms with E-state index in [0.29, 0.717) is 6.54 Å². The Hall–Kier alpha value is -3.11. The molecule has 1 N–H and O–H groups in total. The van der Waals surface area contributed by atoms with Gasteiger partial charge in [-0.2, -0.15) is 5.26 Å². The molecule has 1 aromatic heterocycles. The Morgan fingerprint density at radius 1 is 1.16 bits per heavy atom. The van der Waals surface area contributed by atoms with Gasteiger partial charge in [0, 0.05) is 48.9 Å². The minimum atomic E-state index is -0.402. The van der Waals surface area contributed by atoms with E-state index in [-0.39, 0.29) is 24.1 Å². The first-order valence-electron chi connectivity index (χ1n) is 11.5. The molecule has 2 saturated heterocycles. The maximum atomic E-state index is 12.9. The number of para-hydroxylation sites is 1. The van der Waals surface area contributed by atoms with Crippen LogP contribution in [0.15, 0.2) is 36.0 Å². The third-order valence-corrected chi connectivity index (χ3v) is 6.26. The number of hydrogen-bond acceptors (Lipinski definition) is 4. The third kappa shape index (κ3) is 5.20. The monoisotopic (exact) mass is 434 g/mol. The number of nitrogens with one attached hydrogen (secondary N) is 1. The van der Waals surface area contributed by atoms with Gasteiger partial charge in [-0.25, -0.2) is 0 Å². The van der Waals surface area contributed by atoms with Crippen LogP contribution >= 0.6 is 0 Å². The zero-order valence-corrected chi connectivity index (χ0v) is 18.4. The minimum Gasteiger partial charge on any atom is -0.376 e. The Balaban J connectivity index is 1.53. The Labute approximate surface area is 188 Å². The molecule has 2 aromatic rings. The fraction of sp³-hybridized carbons (Fsp3) is 0.480. The molecule has 0 aliphatic carbocycles. The summed E-state index contributed by atoms with van der Waals surface area (Å²) in [5.41, 5.74) is 1.72. The summed E-state index contributed by atoms with van der Waals surface area (Å²) < 4.78 is 7.46. The van der Waals surface area contributed by atoms with Crippen molar-refractivity contribution in [2.45, 2.75) is 51.2 Å². The van der Waals surface area contributed by atoms with Crippen molar-refractivity contribution in [3.8, 4) is 6.07 Å². The maximum Gasteiger partial charge on any atom is 0.262 e. The molecule has 7 nitrogen and oxygen atoms in total. The van der Waals surface area contributed by atoms with Crippen molar-refractivity contribution in [2.24, 2.45) is 0 Å². The van der Waals surface area contributed by atoms with Gasteiger partial charge >= 0.3 is 0 Å². The molecule has 0 spiro atoms. The summed E-state index contributed by atoms with van der Waals surface area (Å²) in [5, 5.41) is 13.3. The van der Waals surface area contributed by atoms with Gasteiger partial charge in [0.2, 0.25) is 5.91 Å². The standard InChI is InChI=1S/C25H30N4O3/c26-15-19(25(31)27-16-21-8-7-13-32-21)14-20-17-29(23-10-4-3-9-22(20)23)18-24(30)28-11-5-1-2-6-12-28/h3-4,9-10,14,17,21H,1-2,5-8,11-13,16,18H2,(H,27,31)/b19-14+/t21-/m1/s1. The van der Waals surface area contributed by atoms with Crippen LogP contribution in [-0.4, -0.2) is 53.6 Å². The molecule has 32 heavy (non-hydrogen) atoms. The van der Waals surface area contributed by atoms with Crippen molar-refractivity contribution < 1.29 is 14.3 Å². The predicted molar refractivity (Wildman–Crippen MR) is 123 cm³/mol. The molecule has 4 rings (SSSR count). The molecule has 2 aliphatic rings. The van der Waals surface area contributed by atoms with Crippen molar-refractivity contribution in [2.75, 3.05) is 26.2 Å². The normalized spacial score (nSPS) is 19.5. The smallest absolute Gasteiger partial charge is 0.262 e. The summed E-state index contributed by atoms with van der Waals surface area (Å²) in [6, 6.07) is 9.79. The lowest BCUT2D eigenvalue weighted by Gasteiger charge is -2.20. The second kappa shape index (κ2) is 10.5. The molecule has 1 aromatic carbocycles. The second-order valence-corrected chi connectivity index (χ2v) is 8.54. The van der Waals surface area contributed by atoms with Crippen LogP contribution in [0.2, 0.25) is 0 Å². The van der Waals surface area contributed by atoms with Gasteiger partial charge in [0.05, 0.1) is 6.10 Å². The van der Waals surface area contributed by atoms with Crippen molar-refractivity contribution in [3.63, 3.8) is 0 Å². The summed E-state index contributed by atoms with van der Waals surface area (Å²) in [6.07, 6.45) is 9.88. The van der Waals surface area contributed by atoms with Gasteiger partial charge in [-0.15, -0.1) is 0 Å². The van der Waals surface area contributed by atoms with Gasteiger partial charge < -0.3 is 19.5 Å². The topological polar surface area (TPSA) is 87.4 Å². The number of amides is 2. The number of hydrogen-bond donors (Lipinski definition) is 1. The molecule has 0 saturated carbocycles. The summed E-state index contributed by atoms with van der Waals surface area (Å²) in [4.78, 5) is 27.5. The summed E-state index contributed by atoms with van der Waals surface area (Å²) in [7, 11) is 0.